The van der Waals surface area contributed by atoms with Crippen molar-refractivity contribution in [2.75, 3.05) is 11.5 Å². The van der Waals surface area contributed by atoms with Gasteiger partial charge in [0.25, 0.3) is 0 Å². The first kappa shape index (κ1) is 18.7. The highest BCUT2D eigenvalue weighted by atomic mass is 32.2. The lowest BCUT2D eigenvalue weighted by Crippen LogP contribution is -2.37. The van der Waals surface area contributed by atoms with Crippen LogP contribution in [0.1, 0.15) is 67.7 Å². The van der Waals surface area contributed by atoms with Crippen LogP contribution in [-0.2, 0) is 22.4 Å². The molecule has 2 aliphatic rings. The molecule has 136 valence electrons. The average Bonchev–Trinajstić information content (AvgIpc) is 2.62. The third-order valence-corrected chi connectivity index (χ3v) is 7.22. The molecule has 3 rings (SSSR count). The van der Waals surface area contributed by atoms with Crippen molar-refractivity contribution in [1.82, 2.24) is 0 Å². The number of thioether (sulfide) groups is 1. The van der Waals surface area contributed by atoms with Crippen molar-refractivity contribution in [2.45, 2.75) is 65.2 Å². The van der Waals surface area contributed by atoms with Gasteiger partial charge in [0, 0.05) is 12.8 Å². The van der Waals surface area contributed by atoms with Crippen molar-refractivity contribution in [3.8, 4) is 0 Å². The molecule has 2 nitrogen and oxygen atoms in total. The molecule has 1 aliphatic carbocycles. The topological polar surface area (TPSA) is 34.1 Å². The summed E-state index contributed by atoms with van der Waals surface area (Å²) in [7, 11) is 0. The SMILES string of the molecule is CCc1cc(C)cc(CC)c1C1C(=O)CC(C2CCCSC2)CC1=O. The molecule has 1 atom stereocenters. The fraction of sp³-hybridized carbons (Fsp3) is 0.636. The number of rotatable bonds is 4. The molecule has 1 saturated carbocycles. The van der Waals surface area contributed by atoms with E-state index in [1.165, 1.54) is 35.3 Å². The van der Waals surface area contributed by atoms with Crippen LogP contribution in [0.4, 0.5) is 0 Å². The van der Waals surface area contributed by atoms with Crippen LogP contribution in [0, 0.1) is 18.8 Å². The Bertz CT molecular complexity index is 615. The van der Waals surface area contributed by atoms with Gasteiger partial charge in [0.1, 0.15) is 17.5 Å². The number of hydrogen-bond acceptors (Lipinski definition) is 3. The fourth-order valence-electron chi connectivity index (χ4n) is 4.71. The van der Waals surface area contributed by atoms with Crippen molar-refractivity contribution < 1.29 is 9.59 Å². The van der Waals surface area contributed by atoms with Crippen LogP contribution >= 0.6 is 11.8 Å². The summed E-state index contributed by atoms with van der Waals surface area (Å²) in [4.78, 5) is 26.1. The molecule has 0 bridgehead atoms. The first-order valence-corrected chi connectivity index (χ1v) is 11.0. The van der Waals surface area contributed by atoms with Crippen molar-refractivity contribution in [1.29, 1.82) is 0 Å². The van der Waals surface area contributed by atoms with Crippen molar-refractivity contribution >= 4 is 23.3 Å². The minimum absolute atomic E-state index is 0.171. The Morgan fingerprint density at radius 2 is 1.60 bits per heavy atom. The van der Waals surface area contributed by atoms with Gasteiger partial charge in [-0.25, -0.2) is 0 Å². The predicted molar refractivity (Wildman–Crippen MR) is 105 cm³/mol. The maximum absolute atomic E-state index is 13.1. The lowest BCUT2D eigenvalue weighted by atomic mass is 9.69. The Morgan fingerprint density at radius 3 is 2.08 bits per heavy atom. The second-order valence-corrected chi connectivity index (χ2v) is 8.86. The van der Waals surface area contributed by atoms with Gasteiger partial charge in [-0.2, -0.15) is 11.8 Å². The Morgan fingerprint density at radius 1 is 1.00 bits per heavy atom. The van der Waals surface area contributed by atoms with E-state index < -0.39 is 5.92 Å². The molecule has 0 radical (unpaired) electrons. The van der Waals surface area contributed by atoms with E-state index in [2.05, 4.69) is 32.9 Å². The summed E-state index contributed by atoms with van der Waals surface area (Å²) < 4.78 is 0. The molecular weight excluding hydrogens is 328 g/mol. The van der Waals surface area contributed by atoms with E-state index >= 15 is 0 Å². The monoisotopic (exact) mass is 358 g/mol. The number of carbonyl (C=O) groups is 2. The summed E-state index contributed by atoms with van der Waals surface area (Å²) in [6, 6.07) is 4.33. The van der Waals surface area contributed by atoms with Crippen LogP contribution in [-0.4, -0.2) is 23.1 Å². The van der Waals surface area contributed by atoms with Gasteiger partial charge in [0.2, 0.25) is 0 Å². The molecule has 3 heteroatoms. The summed E-state index contributed by atoms with van der Waals surface area (Å²) in [6.07, 6.45) is 5.38. The molecule has 1 unspecified atom stereocenters. The van der Waals surface area contributed by atoms with E-state index in [0.717, 1.165) is 24.2 Å². The molecular formula is C22H30O2S. The lowest BCUT2D eigenvalue weighted by molar-refractivity contribution is -0.134. The van der Waals surface area contributed by atoms with Crippen LogP contribution in [0.5, 0.6) is 0 Å². The van der Waals surface area contributed by atoms with Gasteiger partial charge in [-0.05, 0) is 72.6 Å². The number of carbonyl (C=O) groups excluding carboxylic acids is 2. The molecule has 0 aromatic heterocycles. The molecule has 2 fully saturated rings. The van der Waals surface area contributed by atoms with Crippen LogP contribution in [0.15, 0.2) is 12.1 Å². The number of ketones is 2. The summed E-state index contributed by atoms with van der Waals surface area (Å²) in [5.41, 5.74) is 4.65. The van der Waals surface area contributed by atoms with E-state index in [9.17, 15) is 9.59 Å². The van der Waals surface area contributed by atoms with Crippen LogP contribution in [0.25, 0.3) is 0 Å². The predicted octanol–water partition coefficient (Wildman–Crippen LogP) is 4.89. The highest BCUT2D eigenvalue weighted by Gasteiger charge is 2.41. The second-order valence-electron chi connectivity index (χ2n) is 7.72. The standard InChI is InChI=1S/C22H30O2S/c1-4-15-9-14(3)10-16(5-2)21(15)22-19(23)11-18(12-20(22)24)17-7-6-8-25-13-17/h9-10,17-18,22H,4-8,11-13H2,1-3H3. The molecule has 1 saturated heterocycles. The van der Waals surface area contributed by atoms with E-state index in [1.54, 1.807) is 0 Å². The third kappa shape index (κ3) is 3.86. The number of aryl methyl sites for hydroxylation is 3. The van der Waals surface area contributed by atoms with Crippen molar-refractivity contribution in [2.24, 2.45) is 11.8 Å². The zero-order valence-corrected chi connectivity index (χ0v) is 16.6. The molecule has 25 heavy (non-hydrogen) atoms. The molecule has 1 heterocycles. The van der Waals surface area contributed by atoms with Gasteiger partial charge in [-0.3, -0.25) is 9.59 Å². The van der Waals surface area contributed by atoms with Gasteiger partial charge >= 0.3 is 0 Å². The quantitative estimate of drug-likeness (QED) is 0.718. The van der Waals surface area contributed by atoms with Crippen molar-refractivity contribution in [3.63, 3.8) is 0 Å². The Labute approximate surface area is 156 Å². The minimum atomic E-state index is -0.502. The summed E-state index contributed by atoms with van der Waals surface area (Å²) in [6.45, 7) is 6.35. The first-order valence-electron chi connectivity index (χ1n) is 9.80. The lowest BCUT2D eigenvalue weighted by Gasteiger charge is -2.35. The molecule has 0 N–H and O–H groups in total. The van der Waals surface area contributed by atoms with E-state index in [4.69, 9.17) is 0 Å². The summed E-state index contributed by atoms with van der Waals surface area (Å²) in [5, 5.41) is 0. The van der Waals surface area contributed by atoms with Crippen LogP contribution in [0.3, 0.4) is 0 Å². The zero-order valence-electron chi connectivity index (χ0n) is 15.8. The third-order valence-electron chi connectivity index (χ3n) is 5.98. The largest absolute Gasteiger partial charge is 0.299 e. The van der Waals surface area contributed by atoms with E-state index in [0.29, 0.717) is 18.8 Å². The average molecular weight is 359 g/mol. The summed E-state index contributed by atoms with van der Waals surface area (Å²) in [5.74, 6) is 3.04. The van der Waals surface area contributed by atoms with Gasteiger partial charge < -0.3 is 0 Å². The number of benzene rings is 1. The van der Waals surface area contributed by atoms with Gasteiger partial charge in [0.15, 0.2) is 0 Å². The van der Waals surface area contributed by atoms with Crippen molar-refractivity contribution in [3.05, 3.63) is 34.4 Å². The number of Topliss-reactive ketones (excluding diaryl/α,β-unsaturated/α-hetero) is 2. The van der Waals surface area contributed by atoms with E-state index in [-0.39, 0.29) is 17.5 Å². The molecule has 0 spiro atoms. The Kier molecular flexibility index (Phi) is 6.04. The first-order chi connectivity index (χ1) is 12.0. The molecule has 0 amide bonds. The Balaban J connectivity index is 1.89. The molecule has 1 aliphatic heterocycles. The molecule has 1 aromatic carbocycles. The smallest absolute Gasteiger partial charge is 0.148 e. The van der Waals surface area contributed by atoms with Crippen LogP contribution in [0.2, 0.25) is 0 Å². The number of hydrogen-bond donors (Lipinski definition) is 0. The summed E-state index contributed by atoms with van der Waals surface area (Å²) >= 11 is 1.99. The molecule has 1 aromatic rings. The second kappa shape index (κ2) is 8.07. The zero-order chi connectivity index (χ0) is 18.0. The van der Waals surface area contributed by atoms with Gasteiger partial charge in [-0.15, -0.1) is 0 Å². The van der Waals surface area contributed by atoms with Crippen LogP contribution < -0.4 is 0 Å². The van der Waals surface area contributed by atoms with Gasteiger partial charge in [-0.1, -0.05) is 31.5 Å². The minimum Gasteiger partial charge on any atom is -0.299 e. The normalized spacial score (nSPS) is 27.6. The Hall–Kier alpha value is -1.09. The highest BCUT2D eigenvalue weighted by Crippen LogP contribution is 2.40. The highest BCUT2D eigenvalue weighted by molar-refractivity contribution is 7.99. The maximum Gasteiger partial charge on any atom is 0.148 e. The maximum atomic E-state index is 13.1. The van der Waals surface area contributed by atoms with Gasteiger partial charge in [0.05, 0.1) is 0 Å². The fourth-order valence-corrected chi connectivity index (χ4v) is 5.98. The van der Waals surface area contributed by atoms with E-state index in [1.807, 2.05) is 11.8 Å².